The lowest BCUT2D eigenvalue weighted by Crippen LogP contribution is -1.93. The maximum Gasteiger partial charge on any atom is 0.137 e. The van der Waals surface area contributed by atoms with Gasteiger partial charge in [0.25, 0.3) is 0 Å². The molecule has 0 fully saturated rings. The van der Waals surface area contributed by atoms with Crippen LogP contribution >= 0.6 is 0 Å². The molecule has 0 radical (unpaired) electrons. The van der Waals surface area contributed by atoms with Crippen molar-refractivity contribution in [2.24, 2.45) is 0 Å². The third-order valence-corrected chi connectivity index (χ3v) is 3.14. The molecule has 0 aliphatic rings. The van der Waals surface area contributed by atoms with Crippen LogP contribution in [-0.4, -0.2) is 19.0 Å². The van der Waals surface area contributed by atoms with Crippen molar-refractivity contribution in [2.45, 2.75) is 0 Å². The van der Waals surface area contributed by atoms with Crippen LogP contribution < -0.4 is 0 Å². The van der Waals surface area contributed by atoms with Crippen molar-refractivity contribution in [1.82, 2.24) is 19.0 Å². The minimum absolute atomic E-state index is 0.953. The van der Waals surface area contributed by atoms with Crippen molar-refractivity contribution in [3.63, 3.8) is 0 Å². The van der Waals surface area contributed by atoms with Gasteiger partial charge in [-0.05, 0) is 30.3 Å². The molecular formula is C14H10N4. The number of hydrogen-bond acceptors (Lipinski definition) is 2. The van der Waals surface area contributed by atoms with E-state index in [1.165, 1.54) is 0 Å². The van der Waals surface area contributed by atoms with Gasteiger partial charge in [-0.1, -0.05) is 6.07 Å². The average Bonchev–Trinajstić information content (AvgIpc) is 3.06. The molecule has 4 heterocycles. The fraction of sp³-hybridized carbons (Fsp3) is 0. The van der Waals surface area contributed by atoms with Crippen molar-refractivity contribution in [2.75, 3.05) is 0 Å². The van der Waals surface area contributed by atoms with Crippen molar-refractivity contribution in [3.05, 3.63) is 61.2 Å². The van der Waals surface area contributed by atoms with Crippen LogP contribution in [0.2, 0.25) is 0 Å². The number of aromatic nitrogens is 4. The zero-order valence-electron chi connectivity index (χ0n) is 9.56. The Morgan fingerprint density at radius 3 is 2.89 bits per heavy atom. The van der Waals surface area contributed by atoms with Crippen molar-refractivity contribution < 1.29 is 0 Å². The highest BCUT2D eigenvalue weighted by Gasteiger charge is 2.07. The van der Waals surface area contributed by atoms with Gasteiger partial charge in [-0.15, -0.1) is 0 Å². The summed E-state index contributed by atoms with van der Waals surface area (Å²) in [6.45, 7) is 0. The number of imidazole rings is 1. The smallest absolute Gasteiger partial charge is 0.137 e. The molecule has 0 saturated carbocycles. The summed E-state index contributed by atoms with van der Waals surface area (Å²) in [6.07, 6.45) is 7.56. The van der Waals surface area contributed by atoms with E-state index in [4.69, 9.17) is 0 Å². The summed E-state index contributed by atoms with van der Waals surface area (Å²) in [5, 5.41) is 4.26. The number of pyridine rings is 2. The largest absolute Gasteiger partial charge is 0.300 e. The number of nitrogens with zero attached hydrogens (tertiary/aromatic N) is 4. The van der Waals surface area contributed by atoms with Crippen LogP contribution in [0.3, 0.4) is 0 Å². The molecule has 0 aliphatic heterocycles. The van der Waals surface area contributed by atoms with Crippen LogP contribution in [0, 0.1) is 0 Å². The van der Waals surface area contributed by atoms with Crippen LogP contribution in [0.4, 0.5) is 0 Å². The Bertz CT molecular complexity index is 769. The molecule has 0 bridgehead atoms. The molecule has 18 heavy (non-hydrogen) atoms. The summed E-state index contributed by atoms with van der Waals surface area (Å²) in [5.74, 6) is 0. The van der Waals surface area contributed by atoms with Gasteiger partial charge in [0.1, 0.15) is 5.65 Å². The van der Waals surface area contributed by atoms with Gasteiger partial charge < -0.3 is 0 Å². The fourth-order valence-electron chi connectivity index (χ4n) is 2.34. The molecule has 4 aromatic rings. The predicted molar refractivity (Wildman–Crippen MR) is 69.4 cm³/mol. The Kier molecular flexibility index (Phi) is 1.80. The van der Waals surface area contributed by atoms with Crippen molar-refractivity contribution in [1.29, 1.82) is 0 Å². The minimum atomic E-state index is 0.953. The summed E-state index contributed by atoms with van der Waals surface area (Å²) in [5.41, 5.74) is 4.32. The average molecular weight is 234 g/mol. The highest BCUT2D eigenvalue weighted by molar-refractivity contribution is 5.79. The molecule has 4 nitrogen and oxygen atoms in total. The topological polar surface area (TPSA) is 34.6 Å². The highest BCUT2D eigenvalue weighted by atomic mass is 15.2. The highest BCUT2D eigenvalue weighted by Crippen LogP contribution is 2.24. The Labute approximate surface area is 103 Å². The maximum atomic E-state index is 4.31. The van der Waals surface area contributed by atoms with E-state index < -0.39 is 0 Å². The van der Waals surface area contributed by atoms with E-state index in [9.17, 15) is 0 Å². The number of rotatable bonds is 1. The van der Waals surface area contributed by atoms with E-state index in [1.54, 1.807) is 0 Å². The quantitative estimate of drug-likeness (QED) is 0.507. The molecule has 0 amide bonds. The van der Waals surface area contributed by atoms with Crippen molar-refractivity contribution >= 4 is 11.2 Å². The normalized spacial score (nSPS) is 11.3. The summed E-state index contributed by atoms with van der Waals surface area (Å²) in [4.78, 5) is 4.31. The summed E-state index contributed by atoms with van der Waals surface area (Å²) >= 11 is 0. The SMILES string of the molecule is c1cc(-c2cccn3nccc23)n2ccnc2c1. The Morgan fingerprint density at radius 1 is 0.889 bits per heavy atom. The van der Waals surface area contributed by atoms with Crippen LogP contribution in [0.15, 0.2) is 61.2 Å². The molecule has 0 atom stereocenters. The Balaban J connectivity index is 2.13. The van der Waals surface area contributed by atoms with Gasteiger partial charge in [0.15, 0.2) is 0 Å². The van der Waals surface area contributed by atoms with Gasteiger partial charge in [-0.25, -0.2) is 9.50 Å². The first-order valence-electron chi connectivity index (χ1n) is 5.78. The Morgan fingerprint density at radius 2 is 1.89 bits per heavy atom. The van der Waals surface area contributed by atoms with E-state index in [-0.39, 0.29) is 0 Å². The van der Waals surface area contributed by atoms with E-state index in [1.807, 2.05) is 53.6 Å². The van der Waals surface area contributed by atoms with Crippen LogP contribution in [0.5, 0.6) is 0 Å². The predicted octanol–water partition coefficient (Wildman–Crippen LogP) is 2.65. The lowest BCUT2D eigenvalue weighted by molar-refractivity contribution is 0.961. The van der Waals surface area contributed by atoms with Crippen LogP contribution in [0.25, 0.3) is 22.4 Å². The molecule has 0 aromatic carbocycles. The second kappa shape index (κ2) is 3.43. The first kappa shape index (κ1) is 9.41. The third-order valence-electron chi connectivity index (χ3n) is 3.14. The molecule has 0 saturated heterocycles. The second-order valence-corrected chi connectivity index (χ2v) is 4.15. The number of hydrogen-bond donors (Lipinski definition) is 0. The maximum absolute atomic E-state index is 4.31. The van der Waals surface area contributed by atoms with Crippen molar-refractivity contribution in [3.8, 4) is 11.3 Å². The van der Waals surface area contributed by atoms with E-state index in [0.29, 0.717) is 0 Å². The Hall–Kier alpha value is -2.62. The van der Waals surface area contributed by atoms with Gasteiger partial charge >= 0.3 is 0 Å². The van der Waals surface area contributed by atoms with Gasteiger partial charge in [0, 0.05) is 24.2 Å². The van der Waals surface area contributed by atoms with Gasteiger partial charge in [-0.3, -0.25) is 4.40 Å². The lowest BCUT2D eigenvalue weighted by atomic mass is 10.1. The van der Waals surface area contributed by atoms with E-state index in [0.717, 1.165) is 22.4 Å². The van der Waals surface area contributed by atoms with E-state index in [2.05, 4.69) is 26.6 Å². The van der Waals surface area contributed by atoms with Crippen LogP contribution in [-0.2, 0) is 0 Å². The molecule has 4 rings (SSSR count). The second-order valence-electron chi connectivity index (χ2n) is 4.15. The fourth-order valence-corrected chi connectivity index (χ4v) is 2.34. The van der Waals surface area contributed by atoms with Crippen LogP contribution in [0.1, 0.15) is 0 Å². The summed E-state index contributed by atoms with van der Waals surface area (Å²) in [6, 6.07) is 12.2. The standard InChI is InChI=1S/C14H10N4/c1-4-12(17-10-8-15-14(17)5-1)11-3-2-9-18-13(11)6-7-16-18/h1-10H. The zero-order chi connectivity index (χ0) is 11.9. The minimum Gasteiger partial charge on any atom is -0.300 e. The van der Waals surface area contributed by atoms with Gasteiger partial charge in [0.05, 0.1) is 17.4 Å². The summed E-state index contributed by atoms with van der Waals surface area (Å²) in [7, 11) is 0. The molecule has 0 N–H and O–H groups in total. The molecule has 0 unspecified atom stereocenters. The zero-order valence-corrected chi connectivity index (χ0v) is 9.56. The van der Waals surface area contributed by atoms with E-state index >= 15 is 0 Å². The first-order valence-corrected chi connectivity index (χ1v) is 5.78. The third kappa shape index (κ3) is 1.20. The molecular weight excluding hydrogens is 224 g/mol. The lowest BCUT2D eigenvalue weighted by Gasteiger charge is -2.07. The first-order chi connectivity index (χ1) is 8.93. The van der Waals surface area contributed by atoms with Gasteiger partial charge in [-0.2, -0.15) is 5.10 Å². The molecule has 4 aromatic heterocycles. The summed E-state index contributed by atoms with van der Waals surface area (Å²) < 4.78 is 3.97. The molecule has 86 valence electrons. The van der Waals surface area contributed by atoms with Gasteiger partial charge in [0.2, 0.25) is 0 Å². The molecule has 4 heteroatoms. The molecule has 0 aliphatic carbocycles. The molecule has 0 spiro atoms. The number of fused-ring (bicyclic) bond motifs is 2. The monoisotopic (exact) mass is 234 g/mol.